The molecule has 26 heavy (non-hydrogen) atoms. The lowest BCUT2D eigenvalue weighted by molar-refractivity contribution is -0.112. The Morgan fingerprint density at radius 3 is 1.96 bits per heavy atom. The Morgan fingerprint density at radius 1 is 0.923 bits per heavy atom. The summed E-state index contributed by atoms with van der Waals surface area (Å²) in [6.07, 6.45) is 1.47. The maximum Gasteiger partial charge on any atom is 0.267 e. The van der Waals surface area contributed by atoms with Gasteiger partial charge in [0.25, 0.3) is 5.91 Å². The number of amides is 1. The van der Waals surface area contributed by atoms with Crippen LogP contribution in [0.15, 0.2) is 60.3 Å². The van der Waals surface area contributed by atoms with Gasteiger partial charge in [0.2, 0.25) is 0 Å². The summed E-state index contributed by atoms with van der Waals surface area (Å²) < 4.78 is 0. The minimum atomic E-state index is -0.421. The summed E-state index contributed by atoms with van der Waals surface area (Å²) in [6, 6.07) is 17.5. The number of para-hydroxylation sites is 2. The topological polar surface area (TPSA) is 64.9 Å². The molecule has 0 saturated heterocycles. The van der Waals surface area contributed by atoms with Crippen LogP contribution >= 0.6 is 0 Å². The van der Waals surface area contributed by atoms with E-state index in [1.807, 2.05) is 54.6 Å². The number of carbonyl (C=O) groups excluding carboxylic acids is 1. The molecule has 2 aromatic carbocycles. The fourth-order valence-electron chi connectivity index (χ4n) is 2.73. The van der Waals surface area contributed by atoms with E-state index in [9.17, 15) is 10.1 Å². The van der Waals surface area contributed by atoms with Crippen LogP contribution in [-0.2, 0) is 4.79 Å². The van der Waals surface area contributed by atoms with Crippen LogP contribution in [0.5, 0.6) is 0 Å². The van der Waals surface area contributed by atoms with Gasteiger partial charge in [0, 0.05) is 17.6 Å². The van der Waals surface area contributed by atoms with Crippen LogP contribution in [0.1, 0.15) is 50.7 Å². The first-order chi connectivity index (χ1) is 12.4. The van der Waals surface area contributed by atoms with Gasteiger partial charge in [-0.2, -0.15) is 5.26 Å². The third-order valence-electron chi connectivity index (χ3n) is 4.15. The van der Waals surface area contributed by atoms with Crippen molar-refractivity contribution in [3.05, 3.63) is 71.4 Å². The molecular weight excluding hydrogens is 322 g/mol. The highest BCUT2D eigenvalue weighted by molar-refractivity contribution is 6.07. The molecule has 134 valence electrons. The molecule has 0 heterocycles. The van der Waals surface area contributed by atoms with Crippen molar-refractivity contribution in [3.63, 3.8) is 0 Å². The van der Waals surface area contributed by atoms with Crippen molar-refractivity contribution in [1.29, 1.82) is 5.26 Å². The molecule has 0 atom stereocenters. The Balaban J connectivity index is 2.20. The second-order valence-electron chi connectivity index (χ2n) is 6.75. The molecule has 0 saturated carbocycles. The minimum absolute atomic E-state index is 0.0297. The highest BCUT2D eigenvalue weighted by Crippen LogP contribution is 2.25. The highest BCUT2D eigenvalue weighted by Gasteiger charge is 2.13. The van der Waals surface area contributed by atoms with Crippen LogP contribution in [0.4, 0.5) is 11.4 Å². The summed E-state index contributed by atoms with van der Waals surface area (Å²) in [5.74, 6) is 0.191. The van der Waals surface area contributed by atoms with E-state index >= 15 is 0 Å². The maximum atomic E-state index is 12.5. The molecule has 0 bridgehead atoms. The number of anilines is 2. The van der Waals surface area contributed by atoms with Gasteiger partial charge >= 0.3 is 0 Å². The van der Waals surface area contributed by atoms with Crippen LogP contribution in [0.2, 0.25) is 0 Å². The van der Waals surface area contributed by atoms with Crippen molar-refractivity contribution in [2.45, 2.75) is 39.5 Å². The first kappa shape index (κ1) is 19.3. The molecule has 2 aromatic rings. The van der Waals surface area contributed by atoms with Crippen LogP contribution in [0.3, 0.4) is 0 Å². The Hall–Kier alpha value is -3.06. The van der Waals surface area contributed by atoms with E-state index in [-0.39, 0.29) is 11.5 Å². The second-order valence-corrected chi connectivity index (χ2v) is 6.75. The van der Waals surface area contributed by atoms with Crippen molar-refractivity contribution in [3.8, 4) is 6.07 Å². The number of hydrogen-bond donors (Lipinski definition) is 2. The van der Waals surface area contributed by atoms with E-state index < -0.39 is 5.91 Å². The van der Waals surface area contributed by atoms with Crippen molar-refractivity contribution in [2.24, 2.45) is 0 Å². The number of nitrogens with one attached hydrogen (secondary N) is 2. The molecule has 0 aliphatic rings. The normalized spacial score (nSPS) is 11.3. The molecule has 0 spiro atoms. The third-order valence-corrected chi connectivity index (χ3v) is 4.15. The zero-order valence-corrected chi connectivity index (χ0v) is 15.7. The monoisotopic (exact) mass is 347 g/mol. The summed E-state index contributed by atoms with van der Waals surface area (Å²) in [4.78, 5) is 12.5. The lowest BCUT2D eigenvalue weighted by atomic mass is 10.0. The molecule has 0 unspecified atom stereocenters. The van der Waals surface area contributed by atoms with E-state index in [1.54, 1.807) is 0 Å². The molecule has 2 N–H and O–H groups in total. The quantitative estimate of drug-likeness (QED) is 0.544. The van der Waals surface area contributed by atoms with Gasteiger partial charge in [0.15, 0.2) is 0 Å². The first-order valence-electron chi connectivity index (χ1n) is 8.80. The lowest BCUT2D eigenvalue weighted by Gasteiger charge is -2.14. The molecule has 1 amide bonds. The van der Waals surface area contributed by atoms with Gasteiger partial charge in [-0.3, -0.25) is 4.79 Å². The smallest absolute Gasteiger partial charge is 0.267 e. The number of nitrogens with zero attached hydrogens (tertiary/aromatic N) is 1. The Bertz CT molecular complexity index is 844. The van der Waals surface area contributed by atoms with Gasteiger partial charge in [-0.25, -0.2) is 0 Å². The first-order valence-corrected chi connectivity index (χ1v) is 8.80. The zero-order chi connectivity index (χ0) is 19.1. The summed E-state index contributed by atoms with van der Waals surface area (Å²) in [7, 11) is 0. The van der Waals surface area contributed by atoms with E-state index in [1.165, 1.54) is 6.20 Å². The van der Waals surface area contributed by atoms with E-state index in [0.29, 0.717) is 5.92 Å². The molecule has 4 heteroatoms. The third kappa shape index (κ3) is 4.73. The van der Waals surface area contributed by atoms with Gasteiger partial charge in [-0.05, 0) is 35.1 Å². The molecule has 2 rings (SSSR count). The van der Waals surface area contributed by atoms with Gasteiger partial charge in [-0.15, -0.1) is 0 Å². The number of nitriles is 1. The lowest BCUT2D eigenvalue weighted by Crippen LogP contribution is -2.16. The fraction of sp³-hybridized carbons (Fsp3) is 0.273. The highest BCUT2D eigenvalue weighted by atomic mass is 16.1. The van der Waals surface area contributed by atoms with Gasteiger partial charge in [0.1, 0.15) is 11.6 Å². The van der Waals surface area contributed by atoms with Crippen LogP contribution < -0.4 is 10.6 Å². The van der Waals surface area contributed by atoms with Crippen molar-refractivity contribution in [1.82, 2.24) is 0 Å². The van der Waals surface area contributed by atoms with Crippen LogP contribution in [0.25, 0.3) is 0 Å². The number of hydrogen-bond acceptors (Lipinski definition) is 3. The number of rotatable bonds is 6. The summed E-state index contributed by atoms with van der Waals surface area (Å²) in [5, 5.41) is 15.3. The fourth-order valence-corrected chi connectivity index (χ4v) is 2.73. The summed E-state index contributed by atoms with van der Waals surface area (Å²) in [5.41, 5.74) is 3.83. The van der Waals surface area contributed by atoms with Crippen molar-refractivity contribution < 1.29 is 4.79 Å². The molecule has 0 aromatic heterocycles. The van der Waals surface area contributed by atoms with Crippen LogP contribution in [-0.4, -0.2) is 5.91 Å². The van der Waals surface area contributed by atoms with Gasteiger partial charge in [0.05, 0.1) is 0 Å². The van der Waals surface area contributed by atoms with E-state index in [0.717, 1.165) is 22.5 Å². The second kappa shape index (κ2) is 8.87. The average Bonchev–Trinajstić information content (AvgIpc) is 2.62. The van der Waals surface area contributed by atoms with Gasteiger partial charge in [-0.1, -0.05) is 64.1 Å². The standard InChI is InChI=1S/C22H25N3O/c1-15(2)18-9-5-7-11-20(18)24-14-17(13-23)22(26)25-21-12-8-6-10-19(21)16(3)4/h5-12,14-16,24H,1-4H3,(H,25,26)/b17-14-. The molecule has 0 fully saturated rings. The molecule has 0 aliphatic heterocycles. The predicted octanol–water partition coefficient (Wildman–Crippen LogP) is 5.39. The number of carbonyl (C=O) groups is 1. The SMILES string of the molecule is CC(C)c1ccccc1N/C=C(/C#N)C(=O)Nc1ccccc1C(C)C. The Morgan fingerprint density at radius 2 is 1.42 bits per heavy atom. The molecular formula is C22H25N3O. The molecule has 4 nitrogen and oxygen atoms in total. The van der Waals surface area contributed by atoms with Crippen molar-refractivity contribution >= 4 is 17.3 Å². The molecule has 0 radical (unpaired) electrons. The van der Waals surface area contributed by atoms with E-state index in [2.05, 4.69) is 38.3 Å². The minimum Gasteiger partial charge on any atom is -0.360 e. The number of benzene rings is 2. The van der Waals surface area contributed by atoms with Crippen LogP contribution in [0, 0.1) is 11.3 Å². The summed E-state index contributed by atoms with van der Waals surface area (Å²) >= 11 is 0. The van der Waals surface area contributed by atoms with E-state index in [4.69, 9.17) is 0 Å². The Labute approximate surface area is 155 Å². The van der Waals surface area contributed by atoms with Gasteiger partial charge < -0.3 is 10.6 Å². The summed E-state index contributed by atoms with van der Waals surface area (Å²) in [6.45, 7) is 8.34. The predicted molar refractivity (Wildman–Crippen MR) is 107 cm³/mol. The molecule has 0 aliphatic carbocycles. The maximum absolute atomic E-state index is 12.5. The Kier molecular flexibility index (Phi) is 6.57. The zero-order valence-electron chi connectivity index (χ0n) is 15.7. The largest absolute Gasteiger partial charge is 0.360 e. The average molecular weight is 347 g/mol. The van der Waals surface area contributed by atoms with Crippen molar-refractivity contribution in [2.75, 3.05) is 10.6 Å².